The van der Waals surface area contributed by atoms with Crippen LogP contribution in [0.5, 0.6) is 0 Å². The zero-order chi connectivity index (χ0) is 13.0. The first-order valence-electron chi connectivity index (χ1n) is 6.52. The van der Waals surface area contributed by atoms with Crippen molar-refractivity contribution in [3.05, 3.63) is 11.9 Å². The van der Waals surface area contributed by atoms with Gasteiger partial charge in [-0.05, 0) is 18.8 Å². The maximum atomic E-state index is 10.6. The van der Waals surface area contributed by atoms with Gasteiger partial charge in [0.1, 0.15) is 6.04 Å². The second-order valence-corrected chi connectivity index (χ2v) is 5.08. The molecule has 0 spiro atoms. The van der Waals surface area contributed by atoms with Crippen molar-refractivity contribution >= 4 is 5.97 Å². The van der Waals surface area contributed by atoms with Crippen molar-refractivity contribution in [3.63, 3.8) is 0 Å². The largest absolute Gasteiger partial charge is 0.480 e. The number of hydrogen-bond acceptors (Lipinski definition) is 4. The number of rotatable bonds is 5. The smallest absolute Gasteiger partial charge is 0.320 e. The van der Waals surface area contributed by atoms with Gasteiger partial charge in [-0.2, -0.15) is 0 Å². The Morgan fingerprint density at radius 3 is 2.89 bits per heavy atom. The lowest BCUT2D eigenvalue weighted by atomic mass is 9.89. The molecule has 0 aromatic carbocycles. The first-order valence-corrected chi connectivity index (χ1v) is 6.52. The average molecular weight is 252 g/mol. The van der Waals surface area contributed by atoms with E-state index < -0.39 is 12.0 Å². The summed E-state index contributed by atoms with van der Waals surface area (Å²) in [5.74, 6) is -0.321. The molecule has 6 nitrogen and oxygen atoms in total. The lowest BCUT2D eigenvalue weighted by Gasteiger charge is -2.20. The second-order valence-electron chi connectivity index (χ2n) is 5.08. The summed E-state index contributed by atoms with van der Waals surface area (Å²) < 4.78 is 1.82. The predicted molar refractivity (Wildman–Crippen MR) is 65.9 cm³/mol. The molecular formula is C12H20N4O2. The zero-order valence-electron chi connectivity index (χ0n) is 10.5. The first kappa shape index (κ1) is 13.0. The maximum Gasteiger partial charge on any atom is 0.320 e. The van der Waals surface area contributed by atoms with Gasteiger partial charge in [-0.1, -0.05) is 24.5 Å². The molecule has 1 heterocycles. The molecule has 1 aliphatic carbocycles. The van der Waals surface area contributed by atoms with Gasteiger partial charge in [0.2, 0.25) is 0 Å². The predicted octanol–water partition coefficient (Wildman–Crippen LogP) is 0.813. The molecule has 1 atom stereocenters. The summed E-state index contributed by atoms with van der Waals surface area (Å²) in [6, 6.07) is -0.898. The number of aliphatic carboxylic acids is 1. The SMILES string of the molecule is NC(Cc1cn(CC2CCCCC2)nn1)C(=O)O. The minimum atomic E-state index is -1.00. The Hall–Kier alpha value is -1.43. The lowest BCUT2D eigenvalue weighted by molar-refractivity contribution is -0.138. The summed E-state index contributed by atoms with van der Waals surface area (Å²) in [7, 11) is 0. The third kappa shape index (κ3) is 3.53. The molecule has 2 rings (SSSR count). The van der Waals surface area contributed by atoms with Crippen molar-refractivity contribution in [2.75, 3.05) is 0 Å². The number of nitrogens with zero attached hydrogens (tertiary/aromatic N) is 3. The number of carbonyl (C=O) groups is 1. The quantitative estimate of drug-likeness (QED) is 0.808. The molecule has 1 aromatic rings. The van der Waals surface area contributed by atoms with Crippen LogP contribution in [0.4, 0.5) is 0 Å². The van der Waals surface area contributed by atoms with E-state index in [0.717, 1.165) is 6.54 Å². The monoisotopic (exact) mass is 252 g/mol. The molecule has 1 aromatic heterocycles. The van der Waals surface area contributed by atoms with Crippen LogP contribution in [0.25, 0.3) is 0 Å². The lowest BCUT2D eigenvalue weighted by Crippen LogP contribution is -2.32. The van der Waals surface area contributed by atoms with Crippen molar-refractivity contribution in [3.8, 4) is 0 Å². The van der Waals surface area contributed by atoms with Gasteiger partial charge in [0.15, 0.2) is 0 Å². The number of hydrogen-bond donors (Lipinski definition) is 2. The van der Waals surface area contributed by atoms with Crippen molar-refractivity contribution in [1.82, 2.24) is 15.0 Å². The van der Waals surface area contributed by atoms with Crippen molar-refractivity contribution in [1.29, 1.82) is 0 Å². The highest BCUT2D eigenvalue weighted by molar-refractivity contribution is 5.73. The summed E-state index contributed by atoms with van der Waals surface area (Å²) in [6.07, 6.45) is 8.50. The highest BCUT2D eigenvalue weighted by Gasteiger charge is 2.17. The van der Waals surface area contributed by atoms with Crippen LogP contribution in [0.2, 0.25) is 0 Å². The fourth-order valence-corrected chi connectivity index (χ4v) is 2.47. The zero-order valence-corrected chi connectivity index (χ0v) is 10.5. The molecule has 3 N–H and O–H groups in total. The van der Waals surface area contributed by atoms with Crippen molar-refractivity contribution in [2.24, 2.45) is 11.7 Å². The molecular weight excluding hydrogens is 232 g/mol. The fraction of sp³-hybridized carbons (Fsp3) is 0.750. The van der Waals surface area contributed by atoms with E-state index in [2.05, 4.69) is 10.3 Å². The van der Waals surface area contributed by atoms with Gasteiger partial charge in [-0.15, -0.1) is 5.10 Å². The topological polar surface area (TPSA) is 94.0 Å². The van der Waals surface area contributed by atoms with Crippen LogP contribution in [-0.2, 0) is 17.8 Å². The van der Waals surface area contributed by atoms with Gasteiger partial charge in [0.25, 0.3) is 0 Å². The summed E-state index contributed by atoms with van der Waals surface area (Å²) in [4.78, 5) is 10.6. The highest BCUT2D eigenvalue weighted by Crippen LogP contribution is 2.24. The molecule has 100 valence electrons. The molecule has 0 bridgehead atoms. The standard InChI is InChI=1S/C12H20N4O2/c13-11(12(17)18)6-10-8-16(15-14-10)7-9-4-2-1-3-5-9/h8-9,11H,1-7,13H2,(H,17,18). The molecule has 1 aliphatic rings. The number of aromatic nitrogens is 3. The minimum Gasteiger partial charge on any atom is -0.480 e. The minimum absolute atomic E-state index is 0.236. The fourth-order valence-electron chi connectivity index (χ4n) is 2.47. The Balaban J connectivity index is 1.87. The molecule has 1 unspecified atom stereocenters. The van der Waals surface area contributed by atoms with E-state index in [1.54, 1.807) is 0 Å². The summed E-state index contributed by atoms with van der Waals surface area (Å²) in [5.41, 5.74) is 6.12. The van der Waals surface area contributed by atoms with Gasteiger partial charge in [0.05, 0.1) is 5.69 Å². The van der Waals surface area contributed by atoms with Crippen LogP contribution in [-0.4, -0.2) is 32.1 Å². The third-order valence-corrected chi connectivity index (χ3v) is 3.50. The maximum absolute atomic E-state index is 10.6. The Kier molecular flexibility index (Phi) is 4.30. The third-order valence-electron chi connectivity index (χ3n) is 3.50. The molecule has 0 aliphatic heterocycles. The van der Waals surface area contributed by atoms with Crippen LogP contribution in [0.3, 0.4) is 0 Å². The van der Waals surface area contributed by atoms with Gasteiger partial charge in [-0.3, -0.25) is 9.48 Å². The second kappa shape index (κ2) is 5.95. The molecule has 6 heteroatoms. The Morgan fingerprint density at radius 1 is 1.50 bits per heavy atom. The van der Waals surface area contributed by atoms with Gasteiger partial charge >= 0.3 is 5.97 Å². The first-order chi connectivity index (χ1) is 8.65. The van der Waals surface area contributed by atoms with Crippen LogP contribution in [0.1, 0.15) is 37.8 Å². The molecule has 0 radical (unpaired) electrons. The van der Waals surface area contributed by atoms with E-state index in [0.29, 0.717) is 11.6 Å². The van der Waals surface area contributed by atoms with E-state index >= 15 is 0 Å². The molecule has 18 heavy (non-hydrogen) atoms. The molecule has 1 fully saturated rings. The van der Waals surface area contributed by atoms with Gasteiger partial charge < -0.3 is 10.8 Å². The van der Waals surface area contributed by atoms with Gasteiger partial charge in [-0.25, -0.2) is 0 Å². The normalized spacial score (nSPS) is 18.7. The molecule has 0 saturated heterocycles. The van der Waals surface area contributed by atoms with E-state index in [4.69, 9.17) is 10.8 Å². The molecule has 1 saturated carbocycles. The summed E-state index contributed by atoms with van der Waals surface area (Å²) >= 11 is 0. The van der Waals surface area contributed by atoms with Gasteiger partial charge in [0, 0.05) is 19.2 Å². The Morgan fingerprint density at radius 2 is 2.22 bits per heavy atom. The number of carboxylic acid groups (broad SMARTS) is 1. The highest BCUT2D eigenvalue weighted by atomic mass is 16.4. The number of carboxylic acids is 1. The van der Waals surface area contributed by atoms with E-state index in [-0.39, 0.29) is 6.42 Å². The van der Waals surface area contributed by atoms with Crippen LogP contribution in [0, 0.1) is 5.92 Å². The van der Waals surface area contributed by atoms with E-state index in [1.165, 1.54) is 32.1 Å². The van der Waals surface area contributed by atoms with Crippen LogP contribution < -0.4 is 5.73 Å². The summed E-state index contributed by atoms with van der Waals surface area (Å²) in [5, 5.41) is 16.7. The van der Waals surface area contributed by atoms with E-state index in [1.807, 2.05) is 10.9 Å². The average Bonchev–Trinajstić information content (AvgIpc) is 2.77. The van der Waals surface area contributed by atoms with Crippen LogP contribution >= 0.6 is 0 Å². The number of nitrogens with two attached hydrogens (primary N) is 1. The Labute approximate surface area is 106 Å². The van der Waals surface area contributed by atoms with Crippen molar-refractivity contribution in [2.45, 2.75) is 51.1 Å². The molecule has 0 amide bonds. The Bertz CT molecular complexity index is 399. The summed E-state index contributed by atoms with van der Waals surface area (Å²) in [6.45, 7) is 0.884. The van der Waals surface area contributed by atoms with Crippen LogP contribution in [0.15, 0.2) is 6.20 Å². The van der Waals surface area contributed by atoms with E-state index in [9.17, 15) is 4.79 Å². The van der Waals surface area contributed by atoms with Crippen molar-refractivity contribution < 1.29 is 9.90 Å².